The molecule has 0 bridgehead atoms. The molecule has 2 heterocycles. The van der Waals surface area contributed by atoms with E-state index in [1.54, 1.807) is 61.3 Å². The molecule has 4 rings (SSSR count). The molecule has 1 aliphatic rings. The second-order valence-corrected chi connectivity index (χ2v) is 11.3. The zero-order valence-electron chi connectivity index (χ0n) is 24.9. The van der Waals surface area contributed by atoms with Crippen LogP contribution in [0.1, 0.15) is 48.7 Å². The highest BCUT2D eigenvalue weighted by atomic mass is 35.5. The Morgan fingerprint density at radius 3 is 2.40 bits per heavy atom. The maximum atomic E-state index is 13.5. The third-order valence-electron chi connectivity index (χ3n) is 7.72. The van der Waals surface area contributed by atoms with Crippen molar-refractivity contribution in [3.05, 3.63) is 52.9 Å². The number of likely N-dealkylation sites (N-methyl/N-ethyl adjacent to an activating group) is 1. The fraction of sp³-hybridized carbons (Fsp3) is 0.452. The number of benzene rings is 1. The summed E-state index contributed by atoms with van der Waals surface area (Å²) in [6.45, 7) is 3.36. The molecule has 2 N–H and O–H groups in total. The number of hydrogen-bond donors (Lipinski definition) is 2. The molecular formula is C31H38ClN5O6. The monoisotopic (exact) mass is 611 g/mol. The van der Waals surface area contributed by atoms with Gasteiger partial charge in [-0.05, 0) is 62.4 Å². The third-order valence-corrected chi connectivity index (χ3v) is 7.94. The van der Waals surface area contributed by atoms with Gasteiger partial charge >= 0.3 is 0 Å². The zero-order chi connectivity index (χ0) is 31.1. The Hall–Kier alpha value is -3.96. The maximum Gasteiger partial charge on any atom is 0.294 e. The van der Waals surface area contributed by atoms with Crippen molar-refractivity contribution in [1.82, 2.24) is 14.8 Å². The molecule has 1 fully saturated rings. The summed E-state index contributed by atoms with van der Waals surface area (Å²) < 4.78 is 11.1. The summed E-state index contributed by atoms with van der Waals surface area (Å²) in [7, 11) is 5.06. The highest BCUT2D eigenvalue weighted by Crippen LogP contribution is 2.35. The molecular weight excluding hydrogens is 574 g/mol. The lowest BCUT2D eigenvalue weighted by Crippen LogP contribution is -2.35. The lowest BCUT2D eigenvalue weighted by Gasteiger charge is -2.28. The summed E-state index contributed by atoms with van der Waals surface area (Å²) in [4.78, 5) is 59.7. The van der Waals surface area contributed by atoms with E-state index in [-0.39, 0.29) is 53.2 Å². The first-order valence-electron chi connectivity index (χ1n) is 14.4. The van der Waals surface area contributed by atoms with Crippen LogP contribution in [0, 0.1) is 11.8 Å². The standard InChI is InChI=1S/C31H38ClN5O6/c1-5-37(14-15-42-4)26(38)17-19-6-12-24-23(16-19)27(28(43-24)30(40)34-25-13-11-22(32)18-33-25)35-29(39)20-7-9-21(10-8-20)31(41)36(2)3/h6,11-13,16,18,20-21H,5,7-10,14-15,17H2,1-4H3,(H,35,39)(H,33,34,40)/t20-,21-. The lowest BCUT2D eigenvalue weighted by molar-refractivity contribution is -0.135. The Bertz CT molecular complexity index is 1460. The number of carbonyl (C=O) groups excluding carboxylic acids is 4. The van der Waals surface area contributed by atoms with Gasteiger partial charge in [-0.15, -0.1) is 0 Å². The minimum absolute atomic E-state index is 0.0659. The van der Waals surface area contributed by atoms with Crippen LogP contribution in [-0.4, -0.2) is 79.3 Å². The SMILES string of the molecule is CCN(CCOC)C(=O)Cc1ccc2oc(C(=O)Nc3ccc(Cl)cn3)c(NC(=O)[C@H]3CC[C@H](C(=O)N(C)C)CC3)c2c1. The molecule has 1 saturated carbocycles. The molecule has 0 radical (unpaired) electrons. The van der Waals surface area contributed by atoms with E-state index in [2.05, 4.69) is 15.6 Å². The summed E-state index contributed by atoms with van der Waals surface area (Å²) in [5, 5.41) is 6.56. The number of pyridine rings is 1. The smallest absolute Gasteiger partial charge is 0.294 e. The maximum absolute atomic E-state index is 13.5. The van der Waals surface area contributed by atoms with Crippen LogP contribution in [0.15, 0.2) is 40.9 Å². The number of furan rings is 1. The van der Waals surface area contributed by atoms with Gasteiger partial charge in [-0.25, -0.2) is 4.98 Å². The van der Waals surface area contributed by atoms with Crippen molar-refractivity contribution in [1.29, 1.82) is 0 Å². The number of carbonyl (C=O) groups is 4. The quantitative estimate of drug-likeness (QED) is 0.323. The van der Waals surface area contributed by atoms with Gasteiger partial charge in [-0.2, -0.15) is 0 Å². The molecule has 0 spiro atoms. The Kier molecular flexibility index (Phi) is 10.8. The highest BCUT2D eigenvalue weighted by Gasteiger charge is 2.32. The first kappa shape index (κ1) is 32.0. The Labute approximate surface area is 255 Å². The van der Waals surface area contributed by atoms with Crippen molar-refractivity contribution >= 4 is 57.7 Å². The van der Waals surface area contributed by atoms with E-state index >= 15 is 0 Å². The van der Waals surface area contributed by atoms with Crippen molar-refractivity contribution < 1.29 is 28.3 Å². The Morgan fingerprint density at radius 2 is 1.77 bits per heavy atom. The number of rotatable bonds is 11. The Morgan fingerprint density at radius 1 is 1.05 bits per heavy atom. The molecule has 0 unspecified atom stereocenters. The first-order chi connectivity index (χ1) is 20.6. The van der Waals surface area contributed by atoms with Crippen LogP contribution in [0.2, 0.25) is 5.02 Å². The van der Waals surface area contributed by atoms with E-state index < -0.39 is 5.91 Å². The fourth-order valence-corrected chi connectivity index (χ4v) is 5.41. The Balaban J connectivity index is 1.61. The number of aromatic nitrogens is 1. The van der Waals surface area contributed by atoms with Crippen molar-refractivity contribution in [2.75, 3.05) is 51.5 Å². The molecule has 43 heavy (non-hydrogen) atoms. The molecule has 230 valence electrons. The molecule has 11 nitrogen and oxygen atoms in total. The van der Waals surface area contributed by atoms with Gasteiger partial charge in [-0.1, -0.05) is 17.7 Å². The van der Waals surface area contributed by atoms with E-state index in [0.717, 1.165) is 0 Å². The lowest BCUT2D eigenvalue weighted by atomic mass is 9.81. The molecule has 4 amide bonds. The van der Waals surface area contributed by atoms with Gasteiger partial charge in [-0.3, -0.25) is 19.2 Å². The van der Waals surface area contributed by atoms with Gasteiger partial charge in [0.25, 0.3) is 5.91 Å². The molecule has 0 atom stereocenters. The van der Waals surface area contributed by atoms with Gasteiger partial charge in [0, 0.05) is 57.7 Å². The molecule has 0 saturated heterocycles. The summed E-state index contributed by atoms with van der Waals surface area (Å²) in [6, 6.07) is 8.37. The van der Waals surface area contributed by atoms with Gasteiger partial charge in [0.05, 0.1) is 18.1 Å². The average molecular weight is 612 g/mol. The van der Waals surface area contributed by atoms with Gasteiger partial charge in [0.15, 0.2) is 0 Å². The number of hydrogen-bond acceptors (Lipinski definition) is 7. The summed E-state index contributed by atoms with van der Waals surface area (Å²) in [5.74, 6) is -1.11. The molecule has 0 aliphatic heterocycles. The second kappa shape index (κ2) is 14.5. The van der Waals surface area contributed by atoms with E-state index in [4.69, 9.17) is 20.8 Å². The number of anilines is 2. The van der Waals surface area contributed by atoms with Crippen LogP contribution in [0.25, 0.3) is 11.0 Å². The van der Waals surface area contributed by atoms with Crippen LogP contribution in [0.3, 0.4) is 0 Å². The summed E-state index contributed by atoms with van der Waals surface area (Å²) in [5.41, 5.74) is 1.31. The molecule has 2 aromatic heterocycles. The zero-order valence-corrected chi connectivity index (χ0v) is 25.7. The molecule has 12 heteroatoms. The number of nitrogens with zero attached hydrogens (tertiary/aromatic N) is 3. The molecule has 1 aliphatic carbocycles. The predicted octanol–water partition coefficient (Wildman–Crippen LogP) is 4.60. The number of fused-ring (bicyclic) bond motifs is 1. The van der Waals surface area contributed by atoms with Gasteiger partial charge in [0.2, 0.25) is 23.5 Å². The third kappa shape index (κ3) is 7.91. The minimum atomic E-state index is -0.601. The molecule has 3 aromatic rings. The summed E-state index contributed by atoms with van der Waals surface area (Å²) >= 11 is 5.93. The van der Waals surface area contributed by atoms with Crippen LogP contribution >= 0.6 is 11.6 Å². The van der Waals surface area contributed by atoms with E-state index in [0.29, 0.717) is 66.9 Å². The minimum Gasteiger partial charge on any atom is -0.449 e. The largest absolute Gasteiger partial charge is 0.449 e. The van der Waals surface area contributed by atoms with Crippen molar-refractivity contribution in [3.8, 4) is 0 Å². The average Bonchev–Trinajstić information content (AvgIpc) is 3.35. The summed E-state index contributed by atoms with van der Waals surface area (Å²) in [6.07, 6.45) is 3.87. The first-order valence-corrected chi connectivity index (χ1v) is 14.8. The van der Waals surface area contributed by atoms with E-state index in [1.807, 2.05) is 6.92 Å². The second-order valence-electron chi connectivity index (χ2n) is 10.9. The fourth-order valence-electron chi connectivity index (χ4n) is 5.30. The van der Waals surface area contributed by atoms with Crippen molar-refractivity contribution in [2.45, 2.75) is 39.0 Å². The van der Waals surface area contributed by atoms with Crippen molar-refractivity contribution in [3.63, 3.8) is 0 Å². The number of halogens is 1. The van der Waals surface area contributed by atoms with E-state index in [1.165, 1.54) is 6.20 Å². The van der Waals surface area contributed by atoms with Crippen molar-refractivity contribution in [2.24, 2.45) is 11.8 Å². The van der Waals surface area contributed by atoms with Gasteiger partial charge in [0.1, 0.15) is 17.1 Å². The topological polar surface area (TPSA) is 134 Å². The van der Waals surface area contributed by atoms with Crippen LogP contribution in [0.5, 0.6) is 0 Å². The van der Waals surface area contributed by atoms with Crippen LogP contribution < -0.4 is 10.6 Å². The van der Waals surface area contributed by atoms with Crippen LogP contribution in [0.4, 0.5) is 11.5 Å². The van der Waals surface area contributed by atoms with E-state index in [9.17, 15) is 19.2 Å². The van der Waals surface area contributed by atoms with Crippen LogP contribution in [-0.2, 0) is 25.5 Å². The number of ether oxygens (including phenoxy) is 1. The highest BCUT2D eigenvalue weighted by molar-refractivity contribution is 6.30. The normalized spacial score (nSPS) is 16.5. The van der Waals surface area contributed by atoms with Gasteiger partial charge < -0.3 is 29.6 Å². The number of nitrogens with one attached hydrogen (secondary N) is 2. The molecule has 1 aromatic carbocycles. The predicted molar refractivity (Wildman–Crippen MR) is 164 cm³/mol. The number of amides is 4. The number of methoxy groups -OCH3 is 1.